The maximum absolute atomic E-state index is 11.8. The second-order valence-corrected chi connectivity index (χ2v) is 6.09. The summed E-state index contributed by atoms with van der Waals surface area (Å²) in [6.07, 6.45) is 0. The first kappa shape index (κ1) is 15.9. The summed E-state index contributed by atoms with van der Waals surface area (Å²) in [7, 11) is 0. The summed E-state index contributed by atoms with van der Waals surface area (Å²) in [5.41, 5.74) is 3.00. The molecule has 0 saturated carbocycles. The van der Waals surface area contributed by atoms with E-state index in [0.29, 0.717) is 12.3 Å². The molecule has 0 aliphatic carbocycles. The molecule has 1 heterocycles. The summed E-state index contributed by atoms with van der Waals surface area (Å²) in [6, 6.07) is 13.5. The summed E-state index contributed by atoms with van der Waals surface area (Å²) < 4.78 is 0. The number of benzene rings is 1. The van der Waals surface area contributed by atoms with Crippen LogP contribution in [-0.4, -0.2) is 16.6 Å². The minimum Gasteiger partial charge on any atom is -0.350 e. The van der Waals surface area contributed by atoms with Gasteiger partial charge in [0.15, 0.2) is 0 Å². The van der Waals surface area contributed by atoms with Gasteiger partial charge in [-0.25, -0.2) is 0 Å². The van der Waals surface area contributed by atoms with Crippen molar-refractivity contribution in [3.05, 3.63) is 64.4 Å². The van der Waals surface area contributed by atoms with Crippen LogP contribution >= 0.6 is 23.4 Å². The zero-order valence-corrected chi connectivity index (χ0v) is 13.4. The van der Waals surface area contributed by atoms with E-state index >= 15 is 0 Å². The molecular weight excluding hydrogens is 304 g/mol. The molecule has 1 N–H and O–H groups in total. The highest BCUT2D eigenvalue weighted by molar-refractivity contribution is 7.99. The topological polar surface area (TPSA) is 42.0 Å². The Morgan fingerprint density at radius 2 is 2.00 bits per heavy atom. The molecule has 1 aromatic heterocycles. The number of carbonyl (C=O) groups is 1. The standard InChI is InChI=1S/C16H17ClN2OS/c1-12-3-2-4-15(19-12)9-18-16(20)11-21-10-13-5-7-14(17)8-6-13/h2-8H,9-11H2,1H3,(H,18,20). The third-order valence-electron chi connectivity index (χ3n) is 2.83. The summed E-state index contributed by atoms with van der Waals surface area (Å²) >= 11 is 7.41. The lowest BCUT2D eigenvalue weighted by Gasteiger charge is -2.06. The van der Waals surface area contributed by atoms with Crippen LogP contribution in [0.3, 0.4) is 0 Å². The van der Waals surface area contributed by atoms with Crippen LogP contribution in [0.1, 0.15) is 17.0 Å². The smallest absolute Gasteiger partial charge is 0.230 e. The first-order chi connectivity index (χ1) is 10.1. The molecule has 2 aromatic rings. The van der Waals surface area contributed by atoms with Crippen molar-refractivity contribution in [1.29, 1.82) is 0 Å². The van der Waals surface area contributed by atoms with Crippen molar-refractivity contribution in [2.45, 2.75) is 19.2 Å². The van der Waals surface area contributed by atoms with Crippen molar-refractivity contribution in [2.75, 3.05) is 5.75 Å². The zero-order chi connectivity index (χ0) is 15.1. The minimum absolute atomic E-state index is 0.0252. The lowest BCUT2D eigenvalue weighted by atomic mass is 10.2. The summed E-state index contributed by atoms with van der Waals surface area (Å²) in [5.74, 6) is 1.26. The number of pyridine rings is 1. The predicted molar refractivity (Wildman–Crippen MR) is 88.4 cm³/mol. The van der Waals surface area contributed by atoms with Crippen LogP contribution in [0.2, 0.25) is 5.02 Å². The second-order valence-electron chi connectivity index (χ2n) is 4.67. The Balaban J connectivity index is 1.69. The summed E-state index contributed by atoms with van der Waals surface area (Å²) in [4.78, 5) is 16.1. The maximum atomic E-state index is 11.8. The van der Waals surface area contributed by atoms with E-state index < -0.39 is 0 Å². The van der Waals surface area contributed by atoms with Gasteiger partial charge in [0, 0.05) is 16.5 Å². The highest BCUT2D eigenvalue weighted by atomic mass is 35.5. The molecule has 2 rings (SSSR count). The fourth-order valence-electron chi connectivity index (χ4n) is 1.78. The lowest BCUT2D eigenvalue weighted by Crippen LogP contribution is -2.25. The number of halogens is 1. The van der Waals surface area contributed by atoms with Gasteiger partial charge in [-0.3, -0.25) is 9.78 Å². The molecule has 0 aliphatic heterocycles. The van der Waals surface area contributed by atoms with Crippen LogP contribution in [0.4, 0.5) is 0 Å². The first-order valence-corrected chi connectivity index (χ1v) is 8.18. The number of carbonyl (C=O) groups excluding carboxylic acids is 1. The van der Waals surface area contributed by atoms with E-state index in [-0.39, 0.29) is 5.91 Å². The SMILES string of the molecule is Cc1cccc(CNC(=O)CSCc2ccc(Cl)cc2)n1. The Kier molecular flexibility index (Phi) is 6.08. The van der Waals surface area contributed by atoms with Gasteiger partial charge >= 0.3 is 0 Å². The highest BCUT2D eigenvalue weighted by Crippen LogP contribution is 2.15. The summed E-state index contributed by atoms with van der Waals surface area (Å²) in [6.45, 7) is 2.41. The number of rotatable bonds is 6. The third-order valence-corrected chi connectivity index (χ3v) is 4.08. The molecule has 110 valence electrons. The van der Waals surface area contributed by atoms with Crippen LogP contribution in [0, 0.1) is 6.92 Å². The van der Waals surface area contributed by atoms with Crippen LogP contribution in [0.25, 0.3) is 0 Å². The number of thioether (sulfide) groups is 1. The quantitative estimate of drug-likeness (QED) is 0.884. The Hall–Kier alpha value is -1.52. The van der Waals surface area contributed by atoms with Crippen molar-refractivity contribution < 1.29 is 4.79 Å². The number of hydrogen-bond acceptors (Lipinski definition) is 3. The number of aryl methyl sites for hydroxylation is 1. The molecule has 3 nitrogen and oxygen atoms in total. The minimum atomic E-state index is 0.0252. The molecule has 1 amide bonds. The number of nitrogens with one attached hydrogen (secondary N) is 1. The van der Waals surface area contributed by atoms with Gasteiger partial charge in [0.1, 0.15) is 0 Å². The molecule has 1 aromatic carbocycles. The van der Waals surface area contributed by atoms with Gasteiger partial charge in [0.05, 0.1) is 18.0 Å². The predicted octanol–water partition coefficient (Wildman–Crippen LogP) is 3.59. The molecule has 0 radical (unpaired) electrons. The lowest BCUT2D eigenvalue weighted by molar-refractivity contribution is -0.118. The van der Waals surface area contributed by atoms with Crippen LogP contribution in [-0.2, 0) is 17.1 Å². The number of aromatic nitrogens is 1. The Labute approximate surface area is 134 Å². The number of hydrogen-bond donors (Lipinski definition) is 1. The Morgan fingerprint density at radius 3 is 2.71 bits per heavy atom. The maximum Gasteiger partial charge on any atom is 0.230 e. The van der Waals surface area contributed by atoms with Gasteiger partial charge in [0.25, 0.3) is 0 Å². The molecule has 0 aliphatic rings. The summed E-state index contributed by atoms with van der Waals surface area (Å²) in [5, 5.41) is 3.61. The molecule has 5 heteroatoms. The molecular formula is C16H17ClN2OS. The molecule has 0 fully saturated rings. The van der Waals surface area contributed by atoms with E-state index in [2.05, 4.69) is 10.3 Å². The number of amides is 1. The van der Waals surface area contributed by atoms with Gasteiger partial charge in [-0.05, 0) is 36.8 Å². The van der Waals surface area contributed by atoms with Crippen molar-refractivity contribution >= 4 is 29.3 Å². The number of nitrogens with zero attached hydrogens (tertiary/aromatic N) is 1. The van der Waals surface area contributed by atoms with Gasteiger partial charge in [-0.2, -0.15) is 0 Å². The van der Waals surface area contributed by atoms with Gasteiger partial charge < -0.3 is 5.32 Å². The zero-order valence-electron chi connectivity index (χ0n) is 11.8. The molecule has 0 unspecified atom stereocenters. The van der Waals surface area contributed by atoms with Gasteiger partial charge in [0.2, 0.25) is 5.91 Å². The normalized spacial score (nSPS) is 10.4. The van der Waals surface area contributed by atoms with Crippen molar-refractivity contribution in [1.82, 2.24) is 10.3 Å². The van der Waals surface area contributed by atoms with Gasteiger partial charge in [-0.1, -0.05) is 29.8 Å². The Bertz CT molecular complexity index is 601. The van der Waals surface area contributed by atoms with E-state index in [1.807, 2.05) is 49.4 Å². The van der Waals surface area contributed by atoms with E-state index in [1.54, 1.807) is 11.8 Å². The fourth-order valence-corrected chi connectivity index (χ4v) is 2.72. The molecule has 0 bridgehead atoms. The van der Waals surface area contributed by atoms with Crippen LogP contribution in [0.15, 0.2) is 42.5 Å². The van der Waals surface area contributed by atoms with E-state index in [9.17, 15) is 4.79 Å². The first-order valence-electron chi connectivity index (χ1n) is 6.65. The second kappa shape index (κ2) is 8.05. The monoisotopic (exact) mass is 320 g/mol. The van der Waals surface area contributed by atoms with Crippen molar-refractivity contribution in [3.8, 4) is 0 Å². The molecule has 0 saturated heterocycles. The van der Waals surface area contributed by atoms with E-state index in [0.717, 1.165) is 27.7 Å². The molecule has 0 atom stereocenters. The van der Waals surface area contributed by atoms with E-state index in [4.69, 9.17) is 11.6 Å². The third kappa shape index (κ3) is 5.78. The average Bonchev–Trinajstić information content (AvgIpc) is 2.47. The van der Waals surface area contributed by atoms with Crippen LogP contribution < -0.4 is 5.32 Å². The van der Waals surface area contributed by atoms with Crippen molar-refractivity contribution in [2.24, 2.45) is 0 Å². The van der Waals surface area contributed by atoms with E-state index in [1.165, 1.54) is 0 Å². The van der Waals surface area contributed by atoms with Crippen LogP contribution in [0.5, 0.6) is 0 Å². The fraction of sp³-hybridized carbons (Fsp3) is 0.250. The average molecular weight is 321 g/mol. The highest BCUT2D eigenvalue weighted by Gasteiger charge is 2.03. The largest absolute Gasteiger partial charge is 0.350 e. The molecule has 0 spiro atoms. The van der Waals surface area contributed by atoms with Crippen molar-refractivity contribution in [3.63, 3.8) is 0 Å². The molecule has 21 heavy (non-hydrogen) atoms. The van der Waals surface area contributed by atoms with Gasteiger partial charge in [-0.15, -0.1) is 11.8 Å². The Morgan fingerprint density at radius 1 is 1.24 bits per heavy atom.